The topological polar surface area (TPSA) is 55.3 Å². The number of ether oxygens (including phenoxy) is 1. The minimum atomic E-state index is 0.0707. The number of piperidine rings is 1. The molecule has 4 aromatic rings. The lowest BCUT2D eigenvalue weighted by atomic mass is 9.91. The number of hydrogen-bond donors (Lipinski definition) is 0. The molecule has 0 radical (unpaired) electrons. The van der Waals surface area contributed by atoms with E-state index in [1.54, 1.807) is 13.3 Å². The van der Waals surface area contributed by atoms with Crippen molar-refractivity contribution in [2.45, 2.75) is 25.7 Å². The third-order valence-electron chi connectivity index (χ3n) is 6.40. The molecule has 0 spiro atoms. The summed E-state index contributed by atoms with van der Waals surface area (Å²) in [6, 6.07) is 22.0. The number of carbonyl (C=O) groups excluding carboxylic acids is 1. The fourth-order valence-electron chi connectivity index (χ4n) is 4.72. The van der Waals surface area contributed by atoms with E-state index in [1.807, 2.05) is 54.3 Å². The lowest BCUT2D eigenvalue weighted by molar-refractivity contribution is 0.0708. The Morgan fingerprint density at radius 1 is 1.03 bits per heavy atom. The number of methoxy groups -OCH3 is 1. The third kappa shape index (κ3) is 4.31. The second-order valence-corrected chi connectivity index (χ2v) is 8.62. The SMILES string of the molecule is COc1ccc(-c2cc(C)nc(C3CCCN(C(=O)c4cccc5ncccc45)C3)c2)cc1. The summed E-state index contributed by atoms with van der Waals surface area (Å²) in [6.07, 6.45) is 3.75. The quantitative estimate of drug-likeness (QED) is 0.415. The summed E-state index contributed by atoms with van der Waals surface area (Å²) in [4.78, 5) is 24.7. The Kier molecular flexibility index (Phi) is 5.78. The number of carbonyl (C=O) groups is 1. The molecule has 1 fully saturated rings. The number of hydrogen-bond acceptors (Lipinski definition) is 4. The average Bonchev–Trinajstić information content (AvgIpc) is 2.87. The monoisotopic (exact) mass is 437 g/mol. The van der Waals surface area contributed by atoms with Crippen molar-refractivity contribution >= 4 is 16.8 Å². The maximum Gasteiger partial charge on any atom is 0.254 e. The van der Waals surface area contributed by atoms with Gasteiger partial charge in [-0.25, -0.2) is 0 Å². The number of nitrogens with zero attached hydrogens (tertiary/aromatic N) is 3. The summed E-state index contributed by atoms with van der Waals surface area (Å²) in [5.41, 5.74) is 5.89. The Morgan fingerprint density at radius 2 is 1.88 bits per heavy atom. The van der Waals surface area contributed by atoms with E-state index < -0.39 is 0 Å². The summed E-state index contributed by atoms with van der Waals surface area (Å²) in [5.74, 6) is 1.13. The molecular weight excluding hydrogens is 410 g/mol. The Bertz CT molecular complexity index is 1300. The molecule has 5 nitrogen and oxygen atoms in total. The maximum atomic E-state index is 13.5. The smallest absolute Gasteiger partial charge is 0.254 e. The first-order chi connectivity index (χ1) is 16.1. The van der Waals surface area contributed by atoms with E-state index >= 15 is 0 Å². The van der Waals surface area contributed by atoms with Crippen molar-refractivity contribution in [3.8, 4) is 16.9 Å². The summed E-state index contributed by atoms with van der Waals surface area (Å²) in [5, 5.41) is 0.905. The van der Waals surface area contributed by atoms with Crippen molar-refractivity contribution in [3.63, 3.8) is 0 Å². The van der Waals surface area contributed by atoms with Crippen molar-refractivity contribution in [1.29, 1.82) is 0 Å². The van der Waals surface area contributed by atoms with Gasteiger partial charge in [-0.05, 0) is 73.4 Å². The fourth-order valence-corrected chi connectivity index (χ4v) is 4.72. The zero-order valence-electron chi connectivity index (χ0n) is 19.0. The first-order valence-electron chi connectivity index (χ1n) is 11.4. The predicted octanol–water partition coefficient (Wildman–Crippen LogP) is 5.63. The summed E-state index contributed by atoms with van der Waals surface area (Å²) in [7, 11) is 1.68. The van der Waals surface area contributed by atoms with Crippen molar-refractivity contribution in [2.75, 3.05) is 20.2 Å². The van der Waals surface area contributed by atoms with Gasteiger partial charge in [-0.2, -0.15) is 0 Å². The van der Waals surface area contributed by atoms with E-state index in [1.165, 1.54) is 0 Å². The molecule has 5 rings (SSSR count). The summed E-state index contributed by atoms with van der Waals surface area (Å²) < 4.78 is 5.29. The average molecular weight is 438 g/mol. The van der Waals surface area contributed by atoms with Gasteiger partial charge in [0.15, 0.2) is 0 Å². The van der Waals surface area contributed by atoms with Gasteiger partial charge in [0.1, 0.15) is 5.75 Å². The largest absolute Gasteiger partial charge is 0.497 e. The van der Waals surface area contributed by atoms with E-state index in [0.29, 0.717) is 6.54 Å². The highest BCUT2D eigenvalue weighted by atomic mass is 16.5. The van der Waals surface area contributed by atoms with Crippen molar-refractivity contribution in [2.24, 2.45) is 0 Å². The van der Waals surface area contributed by atoms with E-state index in [0.717, 1.165) is 64.1 Å². The lowest BCUT2D eigenvalue weighted by Gasteiger charge is -2.33. The highest BCUT2D eigenvalue weighted by Crippen LogP contribution is 2.31. The number of amides is 1. The molecule has 2 aromatic carbocycles. The van der Waals surface area contributed by atoms with E-state index in [2.05, 4.69) is 29.2 Å². The highest BCUT2D eigenvalue weighted by Gasteiger charge is 2.27. The molecule has 1 aliphatic heterocycles. The van der Waals surface area contributed by atoms with Gasteiger partial charge in [-0.1, -0.05) is 24.3 Å². The molecular formula is C28H27N3O2. The van der Waals surface area contributed by atoms with Gasteiger partial charge in [0.05, 0.1) is 12.6 Å². The predicted molar refractivity (Wildman–Crippen MR) is 131 cm³/mol. The van der Waals surface area contributed by atoms with Crippen LogP contribution in [0.5, 0.6) is 5.75 Å². The van der Waals surface area contributed by atoms with E-state index in [-0.39, 0.29) is 11.8 Å². The van der Waals surface area contributed by atoms with Crippen LogP contribution >= 0.6 is 0 Å². The Hall–Kier alpha value is -3.73. The van der Waals surface area contributed by atoms with Crippen LogP contribution < -0.4 is 4.74 Å². The van der Waals surface area contributed by atoms with Crippen LogP contribution in [0, 0.1) is 6.92 Å². The van der Waals surface area contributed by atoms with Gasteiger partial charge in [-0.15, -0.1) is 0 Å². The van der Waals surface area contributed by atoms with Crippen LogP contribution in [0.15, 0.2) is 72.9 Å². The molecule has 0 aliphatic carbocycles. The zero-order chi connectivity index (χ0) is 22.8. The molecule has 166 valence electrons. The van der Waals surface area contributed by atoms with Crippen LogP contribution in [0.1, 0.15) is 40.5 Å². The van der Waals surface area contributed by atoms with Crippen LogP contribution in [0.4, 0.5) is 0 Å². The van der Waals surface area contributed by atoms with Crippen LogP contribution in [-0.2, 0) is 0 Å². The summed E-state index contributed by atoms with van der Waals surface area (Å²) >= 11 is 0. The number of rotatable bonds is 4. The molecule has 33 heavy (non-hydrogen) atoms. The summed E-state index contributed by atoms with van der Waals surface area (Å²) in [6.45, 7) is 3.47. The van der Waals surface area contributed by atoms with Gasteiger partial charge in [0.2, 0.25) is 0 Å². The molecule has 3 heterocycles. The number of aryl methyl sites for hydroxylation is 1. The van der Waals surface area contributed by atoms with Gasteiger partial charge >= 0.3 is 0 Å². The number of fused-ring (bicyclic) bond motifs is 1. The molecule has 0 N–H and O–H groups in total. The second kappa shape index (κ2) is 9.02. The first-order valence-corrected chi connectivity index (χ1v) is 11.4. The van der Waals surface area contributed by atoms with Gasteiger partial charge in [-0.3, -0.25) is 14.8 Å². The Labute approximate surface area is 194 Å². The Balaban J connectivity index is 1.41. The van der Waals surface area contributed by atoms with Gasteiger partial charge < -0.3 is 9.64 Å². The zero-order valence-corrected chi connectivity index (χ0v) is 19.0. The third-order valence-corrected chi connectivity index (χ3v) is 6.40. The second-order valence-electron chi connectivity index (χ2n) is 8.62. The normalized spacial score (nSPS) is 16.1. The number of aromatic nitrogens is 2. The standard InChI is InChI=1S/C28H27N3O2/c1-19-16-22(20-10-12-23(33-2)13-11-20)17-27(30-19)21-6-5-15-31(18-21)28(32)25-7-3-9-26-24(25)8-4-14-29-26/h3-4,7-14,16-17,21H,5-6,15,18H2,1-2H3. The van der Waals surface area contributed by atoms with E-state index in [4.69, 9.17) is 9.72 Å². The molecule has 1 amide bonds. The molecule has 2 aromatic heterocycles. The van der Waals surface area contributed by atoms with Crippen LogP contribution in [0.3, 0.4) is 0 Å². The minimum Gasteiger partial charge on any atom is -0.497 e. The van der Waals surface area contributed by atoms with E-state index in [9.17, 15) is 4.79 Å². The van der Waals surface area contributed by atoms with Crippen molar-refractivity contribution < 1.29 is 9.53 Å². The molecule has 5 heteroatoms. The number of likely N-dealkylation sites (tertiary alicyclic amines) is 1. The van der Waals surface area contributed by atoms with Gasteiger partial charge in [0.25, 0.3) is 5.91 Å². The fraction of sp³-hybridized carbons (Fsp3) is 0.250. The van der Waals surface area contributed by atoms with Crippen LogP contribution in [0.2, 0.25) is 0 Å². The minimum absolute atomic E-state index is 0.0707. The molecule has 1 saturated heterocycles. The Morgan fingerprint density at radius 3 is 2.70 bits per heavy atom. The van der Waals surface area contributed by atoms with Crippen LogP contribution in [0.25, 0.3) is 22.0 Å². The van der Waals surface area contributed by atoms with Crippen LogP contribution in [-0.4, -0.2) is 41.0 Å². The van der Waals surface area contributed by atoms with Crippen molar-refractivity contribution in [3.05, 3.63) is 89.9 Å². The lowest BCUT2D eigenvalue weighted by Crippen LogP contribution is -2.39. The molecule has 1 aliphatic rings. The first kappa shape index (κ1) is 21.1. The van der Waals surface area contributed by atoms with Crippen molar-refractivity contribution in [1.82, 2.24) is 14.9 Å². The number of benzene rings is 2. The maximum absolute atomic E-state index is 13.5. The number of pyridine rings is 2. The molecule has 0 saturated carbocycles. The highest BCUT2D eigenvalue weighted by molar-refractivity contribution is 6.06. The molecule has 0 bridgehead atoms. The van der Waals surface area contributed by atoms with Gasteiger partial charge in [0, 0.05) is 47.5 Å². The molecule has 1 unspecified atom stereocenters. The molecule has 1 atom stereocenters.